The van der Waals surface area contributed by atoms with E-state index in [4.69, 9.17) is 4.74 Å². The van der Waals surface area contributed by atoms with Crippen molar-refractivity contribution >= 4 is 28.7 Å². The molecule has 0 aliphatic heterocycles. The molecule has 0 unspecified atom stereocenters. The van der Waals surface area contributed by atoms with E-state index in [1.165, 1.54) is 23.5 Å². The van der Waals surface area contributed by atoms with E-state index < -0.39 is 0 Å². The number of aldehydes is 1. The van der Waals surface area contributed by atoms with E-state index >= 15 is 0 Å². The smallest absolute Gasteiger partial charge is 0.257 e. The molecule has 1 aromatic heterocycles. The molecule has 25 heavy (non-hydrogen) atoms. The molecule has 0 aliphatic carbocycles. The van der Waals surface area contributed by atoms with E-state index in [0.717, 1.165) is 0 Å². The number of ether oxygens (including phenoxy) is 1. The molecule has 0 radical (unpaired) electrons. The molecule has 126 valence electrons. The van der Waals surface area contributed by atoms with Crippen LogP contribution in [0.3, 0.4) is 0 Å². The summed E-state index contributed by atoms with van der Waals surface area (Å²) in [7, 11) is 0. The van der Waals surface area contributed by atoms with Gasteiger partial charge < -0.3 is 4.74 Å². The second-order valence-electron chi connectivity index (χ2n) is 5.00. The Kier molecular flexibility index (Phi) is 5.15. The molecule has 0 saturated heterocycles. The minimum atomic E-state index is -0.340. The topological polar surface area (TPSA) is 68.3 Å². The van der Waals surface area contributed by atoms with Crippen molar-refractivity contribution in [1.29, 1.82) is 0 Å². The Balaban J connectivity index is 1.68. The number of rotatable bonds is 6. The van der Waals surface area contributed by atoms with Crippen LogP contribution in [0.1, 0.15) is 10.4 Å². The van der Waals surface area contributed by atoms with E-state index in [1.807, 2.05) is 0 Å². The van der Waals surface area contributed by atoms with Gasteiger partial charge in [0.2, 0.25) is 0 Å². The van der Waals surface area contributed by atoms with Crippen molar-refractivity contribution in [3.05, 3.63) is 65.3 Å². The number of benzene rings is 2. The zero-order valence-electron chi connectivity index (χ0n) is 12.9. The molecule has 1 N–H and O–H groups in total. The predicted octanol–water partition coefficient (Wildman–Crippen LogP) is 3.78. The molecular formula is C18H13FN2O3S. The molecule has 5 nitrogen and oxygen atoms in total. The Bertz CT molecular complexity index is 893. The van der Waals surface area contributed by atoms with Crippen molar-refractivity contribution < 1.29 is 18.7 Å². The van der Waals surface area contributed by atoms with Gasteiger partial charge in [-0.1, -0.05) is 12.1 Å². The van der Waals surface area contributed by atoms with Gasteiger partial charge in [0.05, 0.1) is 5.69 Å². The minimum Gasteiger partial charge on any atom is -0.486 e. The van der Waals surface area contributed by atoms with Crippen molar-refractivity contribution in [2.24, 2.45) is 0 Å². The van der Waals surface area contributed by atoms with Gasteiger partial charge >= 0.3 is 0 Å². The Morgan fingerprint density at radius 1 is 1.24 bits per heavy atom. The fourth-order valence-electron chi connectivity index (χ4n) is 2.11. The highest BCUT2D eigenvalue weighted by molar-refractivity contribution is 7.14. The van der Waals surface area contributed by atoms with Crippen molar-refractivity contribution in [2.75, 3.05) is 11.9 Å². The van der Waals surface area contributed by atoms with Crippen molar-refractivity contribution in [1.82, 2.24) is 4.98 Å². The average molecular weight is 356 g/mol. The molecule has 1 heterocycles. The number of anilines is 1. The average Bonchev–Trinajstić information content (AvgIpc) is 3.09. The number of carbonyl (C=O) groups is 2. The van der Waals surface area contributed by atoms with Crippen LogP contribution >= 0.6 is 11.3 Å². The standard InChI is InChI=1S/C18H13FN2O3S/c19-14-3-1-2-13(10-14)16-11-25-18(20-16)21-17(23)12-4-6-15(7-5-12)24-9-8-22/h1-8,10-11H,9H2,(H,20,21,23). The first-order valence-electron chi connectivity index (χ1n) is 7.35. The maximum Gasteiger partial charge on any atom is 0.257 e. The number of hydrogen-bond donors (Lipinski definition) is 1. The van der Waals surface area contributed by atoms with Crippen LogP contribution < -0.4 is 10.1 Å². The summed E-state index contributed by atoms with van der Waals surface area (Å²) in [5.74, 6) is -0.152. The van der Waals surface area contributed by atoms with Gasteiger partial charge in [0.25, 0.3) is 5.91 Å². The van der Waals surface area contributed by atoms with Crippen LogP contribution in [0.5, 0.6) is 5.75 Å². The molecule has 0 fully saturated rings. The minimum absolute atomic E-state index is 0.0342. The summed E-state index contributed by atoms with van der Waals surface area (Å²) in [5.41, 5.74) is 1.67. The first-order chi connectivity index (χ1) is 12.2. The third kappa shape index (κ3) is 4.27. The molecule has 0 saturated carbocycles. The number of nitrogens with zero attached hydrogens (tertiary/aromatic N) is 1. The molecule has 1 amide bonds. The lowest BCUT2D eigenvalue weighted by Gasteiger charge is -2.04. The van der Waals surface area contributed by atoms with E-state index in [1.54, 1.807) is 41.8 Å². The predicted molar refractivity (Wildman–Crippen MR) is 93.5 cm³/mol. The molecule has 3 aromatic rings. The van der Waals surface area contributed by atoms with Crippen LogP contribution in [0.15, 0.2) is 53.9 Å². The Morgan fingerprint density at radius 2 is 2.04 bits per heavy atom. The molecule has 0 spiro atoms. The van der Waals surface area contributed by atoms with Gasteiger partial charge in [-0.3, -0.25) is 14.9 Å². The maximum atomic E-state index is 13.3. The normalized spacial score (nSPS) is 10.3. The first-order valence-corrected chi connectivity index (χ1v) is 8.23. The summed E-state index contributed by atoms with van der Waals surface area (Å²) in [4.78, 5) is 26.8. The summed E-state index contributed by atoms with van der Waals surface area (Å²) in [6, 6.07) is 12.5. The fraction of sp³-hybridized carbons (Fsp3) is 0.0556. The van der Waals surface area contributed by atoms with Crippen molar-refractivity contribution in [3.8, 4) is 17.0 Å². The lowest BCUT2D eigenvalue weighted by molar-refractivity contribution is -0.109. The van der Waals surface area contributed by atoms with Crippen LogP contribution in [-0.4, -0.2) is 23.8 Å². The van der Waals surface area contributed by atoms with Crippen molar-refractivity contribution in [3.63, 3.8) is 0 Å². The summed E-state index contributed by atoms with van der Waals surface area (Å²) in [6.45, 7) is -0.0342. The molecular weight excluding hydrogens is 343 g/mol. The Labute approximate surface area is 147 Å². The molecule has 0 bridgehead atoms. The number of halogens is 1. The zero-order chi connectivity index (χ0) is 17.6. The monoisotopic (exact) mass is 356 g/mol. The molecule has 0 atom stereocenters. The quantitative estimate of drug-likeness (QED) is 0.683. The van der Waals surface area contributed by atoms with E-state index in [0.29, 0.717) is 34.0 Å². The highest BCUT2D eigenvalue weighted by atomic mass is 32.1. The SMILES string of the molecule is O=CCOc1ccc(C(=O)Nc2nc(-c3cccc(F)c3)cs2)cc1. The molecule has 3 rings (SSSR count). The molecule has 2 aromatic carbocycles. The summed E-state index contributed by atoms with van der Waals surface area (Å²) in [5, 5.41) is 4.88. The van der Waals surface area contributed by atoms with Gasteiger partial charge in [0.15, 0.2) is 11.4 Å². The van der Waals surface area contributed by atoms with Gasteiger partial charge in [0.1, 0.15) is 18.2 Å². The van der Waals surface area contributed by atoms with Crippen LogP contribution in [0, 0.1) is 5.82 Å². The highest BCUT2D eigenvalue weighted by Crippen LogP contribution is 2.25. The lowest BCUT2D eigenvalue weighted by Crippen LogP contribution is -2.11. The lowest BCUT2D eigenvalue weighted by atomic mass is 10.2. The Morgan fingerprint density at radius 3 is 2.76 bits per heavy atom. The van der Waals surface area contributed by atoms with Gasteiger partial charge in [-0.2, -0.15) is 0 Å². The number of carbonyl (C=O) groups excluding carboxylic acids is 2. The van der Waals surface area contributed by atoms with E-state index in [2.05, 4.69) is 10.3 Å². The van der Waals surface area contributed by atoms with Crippen LogP contribution in [0.2, 0.25) is 0 Å². The number of aromatic nitrogens is 1. The second-order valence-corrected chi connectivity index (χ2v) is 5.86. The second kappa shape index (κ2) is 7.67. The van der Waals surface area contributed by atoms with Crippen molar-refractivity contribution in [2.45, 2.75) is 0 Å². The van der Waals surface area contributed by atoms with Crippen LogP contribution in [-0.2, 0) is 4.79 Å². The van der Waals surface area contributed by atoms with Gasteiger partial charge in [-0.15, -0.1) is 11.3 Å². The number of hydrogen-bond acceptors (Lipinski definition) is 5. The summed E-state index contributed by atoms with van der Waals surface area (Å²) < 4.78 is 18.4. The van der Waals surface area contributed by atoms with Gasteiger partial charge in [0, 0.05) is 16.5 Å². The molecule has 7 heteroatoms. The third-order valence-electron chi connectivity index (χ3n) is 3.28. The fourth-order valence-corrected chi connectivity index (χ4v) is 2.83. The zero-order valence-corrected chi connectivity index (χ0v) is 13.8. The number of thiazole rings is 1. The van der Waals surface area contributed by atoms with Gasteiger partial charge in [-0.25, -0.2) is 9.37 Å². The first kappa shape index (κ1) is 16.8. The number of amides is 1. The summed E-state index contributed by atoms with van der Waals surface area (Å²) >= 11 is 1.26. The maximum absolute atomic E-state index is 13.3. The molecule has 0 aliphatic rings. The van der Waals surface area contributed by atoms with E-state index in [9.17, 15) is 14.0 Å². The van der Waals surface area contributed by atoms with E-state index in [-0.39, 0.29) is 18.3 Å². The number of nitrogens with one attached hydrogen (secondary N) is 1. The Hall–Kier alpha value is -3.06. The van der Waals surface area contributed by atoms with Crippen LogP contribution in [0.4, 0.5) is 9.52 Å². The van der Waals surface area contributed by atoms with Gasteiger partial charge in [-0.05, 0) is 36.4 Å². The summed E-state index contributed by atoms with van der Waals surface area (Å²) in [6.07, 6.45) is 0.652. The largest absolute Gasteiger partial charge is 0.486 e. The highest BCUT2D eigenvalue weighted by Gasteiger charge is 2.10. The van der Waals surface area contributed by atoms with Crippen LogP contribution in [0.25, 0.3) is 11.3 Å². The third-order valence-corrected chi connectivity index (χ3v) is 4.04.